The SMILES string of the molecule is Nc1cccc(/C=C/C(=O)N(CCO)C2CCCCC2)c1. The Morgan fingerprint density at radius 1 is 1.33 bits per heavy atom. The Kier molecular flexibility index (Phi) is 5.81. The fraction of sp³-hybridized carbons (Fsp3) is 0.471. The lowest BCUT2D eigenvalue weighted by Crippen LogP contribution is -2.42. The van der Waals surface area contributed by atoms with Gasteiger partial charge in [-0.15, -0.1) is 0 Å². The van der Waals surface area contributed by atoms with Crippen molar-refractivity contribution in [3.63, 3.8) is 0 Å². The highest BCUT2D eigenvalue weighted by Crippen LogP contribution is 2.23. The molecule has 3 N–H and O–H groups in total. The normalized spacial score (nSPS) is 16.2. The molecule has 0 heterocycles. The van der Waals surface area contributed by atoms with Crippen molar-refractivity contribution in [2.24, 2.45) is 0 Å². The van der Waals surface area contributed by atoms with Crippen LogP contribution in [0.3, 0.4) is 0 Å². The first-order chi connectivity index (χ1) is 10.2. The summed E-state index contributed by atoms with van der Waals surface area (Å²) in [5, 5.41) is 9.20. The molecule has 1 aromatic rings. The third-order valence-corrected chi connectivity index (χ3v) is 3.97. The van der Waals surface area contributed by atoms with E-state index in [2.05, 4.69) is 0 Å². The van der Waals surface area contributed by atoms with E-state index >= 15 is 0 Å². The Hall–Kier alpha value is -1.81. The topological polar surface area (TPSA) is 66.6 Å². The lowest BCUT2D eigenvalue weighted by molar-refractivity contribution is -0.129. The van der Waals surface area contributed by atoms with Crippen LogP contribution in [0.2, 0.25) is 0 Å². The monoisotopic (exact) mass is 288 g/mol. The summed E-state index contributed by atoms with van der Waals surface area (Å²) in [6.45, 7) is 0.416. The first kappa shape index (κ1) is 15.6. The summed E-state index contributed by atoms with van der Waals surface area (Å²) in [6.07, 6.45) is 9.02. The number of aliphatic hydroxyl groups excluding tert-OH is 1. The fourth-order valence-corrected chi connectivity index (χ4v) is 2.90. The van der Waals surface area contributed by atoms with Gasteiger partial charge in [-0.1, -0.05) is 31.4 Å². The molecule has 0 bridgehead atoms. The second kappa shape index (κ2) is 7.84. The number of amides is 1. The van der Waals surface area contributed by atoms with Gasteiger partial charge in [0.15, 0.2) is 0 Å². The van der Waals surface area contributed by atoms with E-state index < -0.39 is 0 Å². The lowest BCUT2D eigenvalue weighted by atomic mass is 9.94. The van der Waals surface area contributed by atoms with Crippen LogP contribution in [0.25, 0.3) is 6.08 Å². The molecule has 21 heavy (non-hydrogen) atoms. The summed E-state index contributed by atoms with van der Waals surface area (Å²) < 4.78 is 0. The molecule has 1 aliphatic rings. The molecule has 114 valence electrons. The van der Waals surface area contributed by atoms with Crippen LogP contribution in [0.4, 0.5) is 5.69 Å². The third-order valence-electron chi connectivity index (χ3n) is 3.97. The molecule has 0 saturated heterocycles. The predicted molar refractivity (Wildman–Crippen MR) is 85.6 cm³/mol. The lowest BCUT2D eigenvalue weighted by Gasteiger charge is -2.33. The van der Waals surface area contributed by atoms with Gasteiger partial charge in [-0.05, 0) is 36.6 Å². The number of carbonyl (C=O) groups is 1. The first-order valence-electron chi connectivity index (χ1n) is 7.66. The third kappa shape index (κ3) is 4.60. The van der Waals surface area contributed by atoms with Gasteiger partial charge in [0.05, 0.1) is 6.61 Å². The van der Waals surface area contributed by atoms with Crippen molar-refractivity contribution in [3.8, 4) is 0 Å². The second-order valence-electron chi connectivity index (χ2n) is 5.55. The minimum Gasteiger partial charge on any atom is -0.399 e. The van der Waals surface area contributed by atoms with Crippen LogP contribution in [-0.2, 0) is 4.79 Å². The zero-order valence-corrected chi connectivity index (χ0v) is 12.4. The van der Waals surface area contributed by atoms with Gasteiger partial charge in [0, 0.05) is 24.4 Å². The number of anilines is 1. The van der Waals surface area contributed by atoms with Gasteiger partial charge in [0.1, 0.15) is 0 Å². The molecule has 1 saturated carbocycles. The maximum Gasteiger partial charge on any atom is 0.246 e. The maximum atomic E-state index is 12.4. The quantitative estimate of drug-likeness (QED) is 0.646. The van der Waals surface area contributed by atoms with E-state index in [1.807, 2.05) is 29.2 Å². The fourth-order valence-electron chi connectivity index (χ4n) is 2.90. The Bertz CT molecular complexity index is 493. The number of carbonyl (C=O) groups excluding carboxylic acids is 1. The number of nitrogens with zero attached hydrogens (tertiary/aromatic N) is 1. The Labute approximate surface area is 126 Å². The molecule has 4 nitrogen and oxygen atoms in total. The summed E-state index contributed by atoms with van der Waals surface area (Å²) in [4.78, 5) is 14.2. The average Bonchev–Trinajstić information content (AvgIpc) is 2.51. The van der Waals surface area contributed by atoms with E-state index in [0.29, 0.717) is 12.2 Å². The van der Waals surface area contributed by atoms with Crippen LogP contribution < -0.4 is 5.73 Å². The second-order valence-corrected chi connectivity index (χ2v) is 5.55. The van der Waals surface area contributed by atoms with Crippen LogP contribution in [-0.4, -0.2) is 35.1 Å². The summed E-state index contributed by atoms with van der Waals surface area (Å²) in [6, 6.07) is 7.70. The molecule has 1 aliphatic carbocycles. The number of nitrogens with two attached hydrogens (primary N) is 1. The molecule has 0 unspecified atom stereocenters. The van der Waals surface area contributed by atoms with Crippen molar-refractivity contribution in [2.45, 2.75) is 38.1 Å². The highest BCUT2D eigenvalue weighted by atomic mass is 16.3. The molecule has 0 aliphatic heterocycles. The largest absolute Gasteiger partial charge is 0.399 e. The number of rotatable bonds is 5. The van der Waals surface area contributed by atoms with Gasteiger partial charge in [-0.3, -0.25) is 4.79 Å². The van der Waals surface area contributed by atoms with Gasteiger partial charge in [0.25, 0.3) is 0 Å². The van der Waals surface area contributed by atoms with Crippen molar-refractivity contribution in [1.29, 1.82) is 0 Å². The van der Waals surface area contributed by atoms with Crippen molar-refractivity contribution < 1.29 is 9.90 Å². The Morgan fingerprint density at radius 2 is 2.10 bits per heavy atom. The van der Waals surface area contributed by atoms with Crippen LogP contribution in [0.15, 0.2) is 30.3 Å². The molecule has 0 aromatic heterocycles. The number of benzene rings is 1. The van der Waals surface area contributed by atoms with E-state index in [1.54, 1.807) is 12.2 Å². The molecule has 4 heteroatoms. The summed E-state index contributed by atoms with van der Waals surface area (Å²) >= 11 is 0. The maximum absolute atomic E-state index is 12.4. The van der Waals surface area contributed by atoms with Crippen molar-refractivity contribution in [1.82, 2.24) is 4.90 Å². The number of aliphatic hydroxyl groups is 1. The highest BCUT2D eigenvalue weighted by Gasteiger charge is 2.23. The minimum atomic E-state index is -0.0293. The van der Waals surface area contributed by atoms with Crippen LogP contribution >= 0.6 is 0 Å². The highest BCUT2D eigenvalue weighted by molar-refractivity contribution is 5.92. The zero-order chi connectivity index (χ0) is 15.1. The molecular formula is C17H24N2O2. The van der Waals surface area contributed by atoms with Gasteiger partial charge >= 0.3 is 0 Å². The molecule has 2 rings (SSSR count). The van der Waals surface area contributed by atoms with Crippen LogP contribution in [0, 0.1) is 0 Å². The van der Waals surface area contributed by atoms with E-state index in [1.165, 1.54) is 19.3 Å². The number of nitrogen functional groups attached to an aromatic ring is 1. The van der Waals surface area contributed by atoms with Gasteiger partial charge in [-0.2, -0.15) is 0 Å². The molecule has 1 aromatic carbocycles. The van der Waals surface area contributed by atoms with Gasteiger partial charge in [-0.25, -0.2) is 0 Å². The molecule has 0 spiro atoms. The summed E-state index contributed by atoms with van der Waals surface area (Å²) in [7, 11) is 0. The van der Waals surface area contributed by atoms with Gasteiger partial charge < -0.3 is 15.7 Å². The number of hydrogen-bond acceptors (Lipinski definition) is 3. The van der Waals surface area contributed by atoms with Crippen molar-refractivity contribution >= 4 is 17.7 Å². The van der Waals surface area contributed by atoms with E-state index in [4.69, 9.17) is 5.73 Å². The predicted octanol–water partition coefficient (Wildman–Crippen LogP) is 2.44. The summed E-state index contributed by atoms with van der Waals surface area (Å²) in [5.41, 5.74) is 7.32. The van der Waals surface area contributed by atoms with Gasteiger partial charge in [0.2, 0.25) is 5.91 Å². The Balaban J connectivity index is 2.03. The number of hydrogen-bond donors (Lipinski definition) is 2. The van der Waals surface area contributed by atoms with E-state index in [9.17, 15) is 9.90 Å². The standard InChI is InChI=1S/C17H24N2O2/c18-15-6-4-5-14(13-15)9-10-17(21)19(11-12-20)16-7-2-1-3-8-16/h4-6,9-10,13,16,20H,1-3,7-8,11-12,18H2/b10-9+. The van der Waals surface area contributed by atoms with E-state index in [0.717, 1.165) is 18.4 Å². The van der Waals surface area contributed by atoms with Crippen molar-refractivity contribution in [2.75, 3.05) is 18.9 Å². The zero-order valence-electron chi connectivity index (χ0n) is 12.4. The molecule has 0 radical (unpaired) electrons. The first-order valence-corrected chi connectivity index (χ1v) is 7.66. The molecule has 0 atom stereocenters. The van der Waals surface area contributed by atoms with Crippen LogP contribution in [0.5, 0.6) is 0 Å². The average molecular weight is 288 g/mol. The Morgan fingerprint density at radius 3 is 2.76 bits per heavy atom. The van der Waals surface area contributed by atoms with Crippen LogP contribution in [0.1, 0.15) is 37.7 Å². The molecule has 1 fully saturated rings. The smallest absolute Gasteiger partial charge is 0.246 e. The van der Waals surface area contributed by atoms with E-state index in [-0.39, 0.29) is 18.6 Å². The van der Waals surface area contributed by atoms with Crippen molar-refractivity contribution in [3.05, 3.63) is 35.9 Å². The molecule has 1 amide bonds. The summed E-state index contributed by atoms with van der Waals surface area (Å²) in [5.74, 6) is -0.0293. The molecular weight excluding hydrogens is 264 g/mol. The minimum absolute atomic E-state index is 0.00830.